The van der Waals surface area contributed by atoms with Crippen molar-refractivity contribution < 1.29 is 4.79 Å². The highest BCUT2D eigenvalue weighted by Gasteiger charge is 2.21. The molecule has 0 radical (unpaired) electrons. The molecule has 1 saturated carbocycles. The largest absolute Gasteiger partial charge is 0.364 e. The van der Waals surface area contributed by atoms with Crippen LogP contribution in [0.1, 0.15) is 63.0 Å². The lowest BCUT2D eigenvalue weighted by Gasteiger charge is -2.23. The van der Waals surface area contributed by atoms with Crippen molar-refractivity contribution in [2.24, 2.45) is 0 Å². The van der Waals surface area contributed by atoms with Crippen molar-refractivity contribution in [2.75, 3.05) is 30.3 Å². The van der Waals surface area contributed by atoms with Gasteiger partial charge in [-0.1, -0.05) is 49.6 Å². The van der Waals surface area contributed by atoms with Crippen molar-refractivity contribution in [3.63, 3.8) is 0 Å². The zero-order valence-corrected chi connectivity index (χ0v) is 19.2. The summed E-state index contributed by atoms with van der Waals surface area (Å²) in [6.45, 7) is 3.08. The van der Waals surface area contributed by atoms with Gasteiger partial charge < -0.3 is 20.1 Å². The highest BCUT2D eigenvalue weighted by molar-refractivity contribution is 5.84. The van der Waals surface area contributed by atoms with Crippen LogP contribution in [0.3, 0.4) is 0 Å². The van der Waals surface area contributed by atoms with Gasteiger partial charge in [0.05, 0.1) is 6.33 Å². The van der Waals surface area contributed by atoms with Crippen molar-refractivity contribution in [1.29, 1.82) is 0 Å². The summed E-state index contributed by atoms with van der Waals surface area (Å²) in [7, 11) is 0. The molecule has 8 nitrogen and oxygen atoms in total. The second kappa shape index (κ2) is 10.2. The number of hydrogen-bond donors (Lipinski definition) is 2. The predicted octanol–water partition coefficient (Wildman–Crippen LogP) is 4.37. The number of carbonyl (C=O) groups excluding carboxylic acids is 1. The van der Waals surface area contributed by atoms with E-state index in [0.29, 0.717) is 25.0 Å². The SMILES string of the molecule is O=C1CCCN1CCCNc1nc(NCc2ccccc2)c2ncn(C3CCCCC3)c2n1. The van der Waals surface area contributed by atoms with Crippen LogP contribution in [0.25, 0.3) is 11.2 Å². The molecule has 0 spiro atoms. The second-order valence-electron chi connectivity index (χ2n) is 9.12. The maximum atomic E-state index is 11.8. The van der Waals surface area contributed by atoms with Crippen molar-refractivity contribution >= 4 is 28.8 Å². The molecule has 1 amide bonds. The molecule has 1 saturated heterocycles. The standard InChI is InChI=1S/C25H33N7O/c33-21-13-7-15-31(21)16-8-14-26-25-29-23(27-17-19-9-3-1-4-10-19)22-24(30-25)32(18-28-22)20-11-5-2-6-12-20/h1,3-4,9-10,18,20H,2,5-8,11-17H2,(H2,26,27,29,30). The molecule has 3 aromatic rings. The van der Waals surface area contributed by atoms with E-state index in [1.54, 1.807) is 0 Å². The Bertz CT molecular complexity index is 1080. The molecule has 1 aliphatic carbocycles. The second-order valence-corrected chi connectivity index (χ2v) is 9.12. The minimum Gasteiger partial charge on any atom is -0.364 e. The van der Waals surface area contributed by atoms with E-state index in [2.05, 4.69) is 27.3 Å². The average Bonchev–Trinajstić information content (AvgIpc) is 3.47. The third-order valence-corrected chi connectivity index (χ3v) is 6.75. The molecular weight excluding hydrogens is 414 g/mol. The van der Waals surface area contributed by atoms with Crippen LogP contribution in [0.2, 0.25) is 0 Å². The van der Waals surface area contributed by atoms with Gasteiger partial charge in [-0.2, -0.15) is 9.97 Å². The topological polar surface area (TPSA) is 88.0 Å². The van der Waals surface area contributed by atoms with Crippen molar-refractivity contribution in [2.45, 2.75) is 64.0 Å². The van der Waals surface area contributed by atoms with Gasteiger partial charge in [0.25, 0.3) is 0 Å². The molecule has 8 heteroatoms. The molecule has 3 heterocycles. The van der Waals surface area contributed by atoms with Crippen LogP contribution in [-0.2, 0) is 11.3 Å². The van der Waals surface area contributed by atoms with E-state index >= 15 is 0 Å². The molecule has 1 aliphatic heterocycles. The maximum absolute atomic E-state index is 11.8. The van der Waals surface area contributed by atoms with Gasteiger partial charge in [0.2, 0.25) is 11.9 Å². The molecule has 0 bridgehead atoms. The molecule has 2 aromatic heterocycles. The Morgan fingerprint density at radius 1 is 1.00 bits per heavy atom. The smallest absolute Gasteiger partial charge is 0.226 e. The third kappa shape index (κ3) is 5.10. The fourth-order valence-electron chi connectivity index (χ4n) is 4.94. The first kappa shape index (κ1) is 21.7. The fourth-order valence-corrected chi connectivity index (χ4v) is 4.94. The van der Waals surface area contributed by atoms with Gasteiger partial charge in [-0.25, -0.2) is 4.98 Å². The fraction of sp³-hybridized carbons (Fsp3) is 0.520. The quantitative estimate of drug-likeness (QED) is 0.474. The molecule has 0 atom stereocenters. The van der Waals surface area contributed by atoms with Crippen molar-refractivity contribution in [1.82, 2.24) is 24.4 Å². The van der Waals surface area contributed by atoms with Crippen molar-refractivity contribution in [3.05, 3.63) is 42.2 Å². The van der Waals surface area contributed by atoms with E-state index in [0.717, 1.165) is 49.5 Å². The summed E-state index contributed by atoms with van der Waals surface area (Å²) in [6.07, 6.45) is 10.7. The van der Waals surface area contributed by atoms with E-state index in [1.165, 1.54) is 37.7 Å². The van der Waals surface area contributed by atoms with E-state index in [1.807, 2.05) is 29.4 Å². The highest BCUT2D eigenvalue weighted by Crippen LogP contribution is 2.32. The Balaban J connectivity index is 1.34. The van der Waals surface area contributed by atoms with Crippen LogP contribution >= 0.6 is 0 Å². The third-order valence-electron chi connectivity index (χ3n) is 6.75. The number of benzene rings is 1. The van der Waals surface area contributed by atoms with Gasteiger partial charge in [0.15, 0.2) is 17.0 Å². The molecule has 1 aromatic carbocycles. The number of anilines is 2. The van der Waals surface area contributed by atoms with Crippen LogP contribution in [0.5, 0.6) is 0 Å². The van der Waals surface area contributed by atoms with E-state index in [9.17, 15) is 4.79 Å². The van der Waals surface area contributed by atoms with Gasteiger partial charge in [-0.3, -0.25) is 4.79 Å². The number of amides is 1. The van der Waals surface area contributed by atoms with Crippen LogP contribution in [0.15, 0.2) is 36.7 Å². The molecule has 2 aliphatic rings. The number of aromatic nitrogens is 4. The van der Waals surface area contributed by atoms with Gasteiger partial charge in [-0.05, 0) is 31.2 Å². The van der Waals surface area contributed by atoms with Crippen LogP contribution in [0, 0.1) is 0 Å². The van der Waals surface area contributed by atoms with Gasteiger partial charge in [0, 0.05) is 38.6 Å². The Hall–Kier alpha value is -3.16. The summed E-state index contributed by atoms with van der Waals surface area (Å²) in [5.74, 6) is 1.65. The monoisotopic (exact) mass is 447 g/mol. The number of likely N-dealkylation sites (tertiary alicyclic amines) is 1. The Kier molecular flexibility index (Phi) is 6.69. The number of fused-ring (bicyclic) bond motifs is 1. The normalized spacial score (nSPS) is 17.1. The minimum atomic E-state index is 0.274. The number of imidazole rings is 1. The number of rotatable bonds is 9. The van der Waals surface area contributed by atoms with Gasteiger partial charge in [0.1, 0.15) is 0 Å². The lowest BCUT2D eigenvalue weighted by molar-refractivity contribution is -0.127. The number of nitrogens with one attached hydrogen (secondary N) is 2. The zero-order valence-electron chi connectivity index (χ0n) is 19.2. The Labute approximate surface area is 194 Å². The van der Waals surface area contributed by atoms with Crippen LogP contribution in [-0.4, -0.2) is 50.0 Å². The van der Waals surface area contributed by atoms with Crippen molar-refractivity contribution in [3.8, 4) is 0 Å². The lowest BCUT2D eigenvalue weighted by Crippen LogP contribution is -2.27. The molecule has 2 fully saturated rings. The van der Waals surface area contributed by atoms with E-state index in [-0.39, 0.29) is 5.91 Å². The summed E-state index contributed by atoms with van der Waals surface area (Å²) < 4.78 is 2.25. The molecule has 0 unspecified atom stereocenters. The Morgan fingerprint density at radius 2 is 1.85 bits per heavy atom. The predicted molar refractivity (Wildman–Crippen MR) is 130 cm³/mol. The molecule has 2 N–H and O–H groups in total. The number of nitrogens with zero attached hydrogens (tertiary/aromatic N) is 5. The summed E-state index contributed by atoms with van der Waals surface area (Å²) in [4.78, 5) is 28.1. The maximum Gasteiger partial charge on any atom is 0.226 e. The molecule has 174 valence electrons. The molecule has 33 heavy (non-hydrogen) atoms. The number of carbonyl (C=O) groups is 1. The lowest BCUT2D eigenvalue weighted by atomic mass is 9.95. The first-order chi connectivity index (χ1) is 16.3. The van der Waals surface area contributed by atoms with E-state index < -0.39 is 0 Å². The highest BCUT2D eigenvalue weighted by atomic mass is 16.2. The summed E-state index contributed by atoms with van der Waals surface area (Å²) in [5, 5.41) is 6.87. The van der Waals surface area contributed by atoms with E-state index in [4.69, 9.17) is 15.0 Å². The van der Waals surface area contributed by atoms with Crippen LogP contribution < -0.4 is 10.6 Å². The first-order valence-corrected chi connectivity index (χ1v) is 12.3. The minimum absolute atomic E-state index is 0.274. The molecular formula is C25H33N7O. The molecule has 5 rings (SSSR count). The Morgan fingerprint density at radius 3 is 2.64 bits per heavy atom. The summed E-state index contributed by atoms with van der Waals surface area (Å²) in [5.41, 5.74) is 2.91. The zero-order chi connectivity index (χ0) is 22.5. The first-order valence-electron chi connectivity index (χ1n) is 12.3. The summed E-state index contributed by atoms with van der Waals surface area (Å²) >= 11 is 0. The van der Waals surface area contributed by atoms with Crippen LogP contribution in [0.4, 0.5) is 11.8 Å². The van der Waals surface area contributed by atoms with Gasteiger partial charge in [-0.15, -0.1) is 0 Å². The number of hydrogen-bond acceptors (Lipinski definition) is 6. The summed E-state index contributed by atoms with van der Waals surface area (Å²) in [6, 6.07) is 10.8. The average molecular weight is 448 g/mol. The van der Waals surface area contributed by atoms with Gasteiger partial charge >= 0.3 is 0 Å².